The fraction of sp³-hybridized carbons (Fsp3) is 0.143. The fourth-order valence-electron chi connectivity index (χ4n) is 1.64. The summed E-state index contributed by atoms with van der Waals surface area (Å²) in [5, 5.41) is 0.638. The Bertz CT molecular complexity index is 557. The summed E-state index contributed by atoms with van der Waals surface area (Å²) in [6.45, 7) is 1.84. The monoisotopic (exact) mass is 281 g/mol. The molecule has 2 aromatic rings. The van der Waals surface area contributed by atoms with Crippen molar-refractivity contribution >= 4 is 23.4 Å². The molecule has 2 aromatic carbocycles. The molecule has 0 aromatic heterocycles. The second-order valence-electron chi connectivity index (χ2n) is 4.01. The SMILES string of the molecule is C[C@H](N)c1cccc(F)c1Sc1cccc(Cl)c1. The summed E-state index contributed by atoms with van der Waals surface area (Å²) >= 11 is 7.27. The number of hydrogen-bond donors (Lipinski definition) is 1. The molecule has 4 heteroatoms. The van der Waals surface area contributed by atoms with Gasteiger partial charge in [0.2, 0.25) is 0 Å². The van der Waals surface area contributed by atoms with Crippen LogP contribution < -0.4 is 5.73 Å². The van der Waals surface area contributed by atoms with Crippen LogP contribution in [0.3, 0.4) is 0 Å². The van der Waals surface area contributed by atoms with Crippen molar-refractivity contribution in [3.8, 4) is 0 Å². The van der Waals surface area contributed by atoms with Crippen molar-refractivity contribution < 1.29 is 4.39 Å². The average Bonchev–Trinajstić information content (AvgIpc) is 2.31. The highest BCUT2D eigenvalue weighted by molar-refractivity contribution is 7.99. The van der Waals surface area contributed by atoms with Crippen molar-refractivity contribution in [1.82, 2.24) is 0 Å². The van der Waals surface area contributed by atoms with Gasteiger partial charge in [-0.2, -0.15) is 0 Å². The maximum Gasteiger partial charge on any atom is 0.137 e. The Hall–Kier alpha value is -1.03. The van der Waals surface area contributed by atoms with Crippen molar-refractivity contribution in [2.75, 3.05) is 0 Å². The lowest BCUT2D eigenvalue weighted by molar-refractivity contribution is 0.591. The van der Waals surface area contributed by atoms with Gasteiger partial charge in [0, 0.05) is 16.0 Å². The van der Waals surface area contributed by atoms with E-state index in [0.29, 0.717) is 9.92 Å². The zero-order chi connectivity index (χ0) is 13.1. The molecule has 18 heavy (non-hydrogen) atoms. The molecule has 0 saturated carbocycles. The summed E-state index contributed by atoms with van der Waals surface area (Å²) in [5.41, 5.74) is 6.67. The van der Waals surface area contributed by atoms with Gasteiger partial charge in [-0.25, -0.2) is 4.39 Å². The lowest BCUT2D eigenvalue weighted by atomic mass is 10.1. The summed E-state index contributed by atoms with van der Waals surface area (Å²) in [6.07, 6.45) is 0. The first-order chi connectivity index (χ1) is 8.58. The second kappa shape index (κ2) is 5.74. The first kappa shape index (κ1) is 13.4. The van der Waals surface area contributed by atoms with Crippen LogP contribution in [0.25, 0.3) is 0 Å². The third-order valence-electron chi connectivity index (χ3n) is 2.50. The van der Waals surface area contributed by atoms with Gasteiger partial charge < -0.3 is 5.73 Å². The molecule has 0 aliphatic heterocycles. The quantitative estimate of drug-likeness (QED) is 0.886. The van der Waals surface area contributed by atoms with Gasteiger partial charge in [0.1, 0.15) is 5.82 Å². The summed E-state index contributed by atoms with van der Waals surface area (Å²) in [7, 11) is 0. The van der Waals surface area contributed by atoms with E-state index < -0.39 is 0 Å². The Morgan fingerprint density at radius 1 is 1.22 bits per heavy atom. The molecule has 0 aliphatic carbocycles. The van der Waals surface area contributed by atoms with E-state index in [4.69, 9.17) is 17.3 Å². The zero-order valence-corrected chi connectivity index (χ0v) is 11.4. The van der Waals surface area contributed by atoms with E-state index in [2.05, 4.69) is 0 Å². The third-order valence-corrected chi connectivity index (χ3v) is 3.86. The van der Waals surface area contributed by atoms with Crippen molar-refractivity contribution in [2.45, 2.75) is 22.8 Å². The van der Waals surface area contributed by atoms with E-state index in [1.165, 1.54) is 17.8 Å². The second-order valence-corrected chi connectivity index (χ2v) is 5.53. The molecular weight excluding hydrogens is 269 g/mol. The smallest absolute Gasteiger partial charge is 0.137 e. The largest absolute Gasteiger partial charge is 0.324 e. The Morgan fingerprint density at radius 3 is 2.61 bits per heavy atom. The molecule has 0 heterocycles. The molecule has 0 bridgehead atoms. The maximum atomic E-state index is 13.9. The van der Waals surface area contributed by atoms with Crippen LogP contribution in [-0.4, -0.2) is 0 Å². The van der Waals surface area contributed by atoms with Gasteiger partial charge in [-0.15, -0.1) is 0 Å². The molecule has 0 aliphatic rings. The first-order valence-corrected chi connectivity index (χ1v) is 6.75. The van der Waals surface area contributed by atoms with Gasteiger partial charge in [0.15, 0.2) is 0 Å². The molecule has 0 saturated heterocycles. The Morgan fingerprint density at radius 2 is 1.94 bits per heavy atom. The van der Waals surface area contributed by atoms with E-state index in [0.717, 1.165) is 10.5 Å². The lowest BCUT2D eigenvalue weighted by Gasteiger charge is -2.13. The molecule has 2 rings (SSSR count). The van der Waals surface area contributed by atoms with Crippen molar-refractivity contribution in [3.05, 3.63) is 58.9 Å². The van der Waals surface area contributed by atoms with Crippen LogP contribution in [0.4, 0.5) is 4.39 Å². The van der Waals surface area contributed by atoms with E-state index in [1.54, 1.807) is 12.1 Å². The predicted octanol–water partition coefficient (Wildman–Crippen LogP) is 4.65. The highest BCUT2D eigenvalue weighted by Gasteiger charge is 2.13. The van der Waals surface area contributed by atoms with Gasteiger partial charge in [0.05, 0.1) is 4.90 Å². The molecule has 1 atom stereocenters. The van der Waals surface area contributed by atoms with E-state index in [-0.39, 0.29) is 11.9 Å². The molecule has 0 radical (unpaired) electrons. The highest BCUT2D eigenvalue weighted by atomic mass is 35.5. The van der Waals surface area contributed by atoms with Crippen LogP contribution >= 0.6 is 23.4 Å². The number of benzene rings is 2. The molecule has 0 amide bonds. The van der Waals surface area contributed by atoms with Crippen LogP contribution in [0, 0.1) is 5.82 Å². The summed E-state index contributed by atoms with van der Waals surface area (Å²) in [5.74, 6) is -0.255. The van der Waals surface area contributed by atoms with Crippen LogP contribution in [0.2, 0.25) is 5.02 Å². The number of nitrogens with two attached hydrogens (primary N) is 1. The standard InChI is InChI=1S/C14H13ClFNS/c1-9(17)12-6-3-7-13(16)14(12)18-11-5-2-4-10(15)8-11/h2-9H,17H2,1H3/t9-/m0/s1. The number of rotatable bonds is 3. The third kappa shape index (κ3) is 3.05. The van der Waals surface area contributed by atoms with E-state index >= 15 is 0 Å². The Kier molecular flexibility index (Phi) is 4.27. The molecule has 1 nitrogen and oxygen atoms in total. The molecule has 0 fully saturated rings. The van der Waals surface area contributed by atoms with Gasteiger partial charge in [0.25, 0.3) is 0 Å². The number of halogens is 2. The normalized spacial score (nSPS) is 12.4. The van der Waals surface area contributed by atoms with E-state index in [1.807, 2.05) is 31.2 Å². The highest BCUT2D eigenvalue weighted by Crippen LogP contribution is 2.35. The van der Waals surface area contributed by atoms with Gasteiger partial charge in [-0.05, 0) is 36.8 Å². The van der Waals surface area contributed by atoms with Crippen LogP contribution in [-0.2, 0) is 0 Å². The first-order valence-electron chi connectivity index (χ1n) is 5.55. The molecular formula is C14H13ClFNS. The van der Waals surface area contributed by atoms with E-state index in [9.17, 15) is 4.39 Å². The minimum Gasteiger partial charge on any atom is -0.324 e. The molecule has 94 valence electrons. The molecule has 2 N–H and O–H groups in total. The van der Waals surface area contributed by atoms with Crippen molar-refractivity contribution in [2.24, 2.45) is 5.73 Å². The van der Waals surface area contributed by atoms with Crippen LogP contribution in [0.15, 0.2) is 52.3 Å². The van der Waals surface area contributed by atoms with Gasteiger partial charge >= 0.3 is 0 Å². The average molecular weight is 282 g/mol. The minimum absolute atomic E-state index is 0.206. The van der Waals surface area contributed by atoms with Crippen LogP contribution in [0.5, 0.6) is 0 Å². The lowest BCUT2D eigenvalue weighted by Crippen LogP contribution is -2.07. The van der Waals surface area contributed by atoms with Gasteiger partial charge in [-0.3, -0.25) is 0 Å². The number of hydrogen-bond acceptors (Lipinski definition) is 2. The Balaban J connectivity index is 2.39. The maximum absolute atomic E-state index is 13.9. The summed E-state index contributed by atoms with van der Waals surface area (Å²) in [6, 6.07) is 12.1. The summed E-state index contributed by atoms with van der Waals surface area (Å²) < 4.78 is 13.9. The van der Waals surface area contributed by atoms with Crippen molar-refractivity contribution in [3.63, 3.8) is 0 Å². The minimum atomic E-state index is -0.255. The predicted molar refractivity (Wildman–Crippen MR) is 74.6 cm³/mol. The Labute approximate surface area is 115 Å². The molecule has 0 unspecified atom stereocenters. The fourth-order valence-corrected chi connectivity index (χ4v) is 3.00. The van der Waals surface area contributed by atoms with Gasteiger partial charge in [-0.1, -0.05) is 41.6 Å². The van der Waals surface area contributed by atoms with Crippen LogP contribution in [0.1, 0.15) is 18.5 Å². The molecule has 0 spiro atoms. The van der Waals surface area contributed by atoms with Crippen molar-refractivity contribution in [1.29, 1.82) is 0 Å². The topological polar surface area (TPSA) is 26.0 Å². The summed E-state index contributed by atoms with van der Waals surface area (Å²) in [4.78, 5) is 1.46. The zero-order valence-electron chi connectivity index (χ0n) is 9.86.